The summed E-state index contributed by atoms with van der Waals surface area (Å²) in [6.07, 6.45) is 4.34. The lowest BCUT2D eigenvalue weighted by molar-refractivity contribution is -0.197. The first-order chi connectivity index (χ1) is 17.0. The van der Waals surface area contributed by atoms with E-state index in [0.29, 0.717) is 16.9 Å². The minimum absolute atomic E-state index is 0.0585. The molecule has 4 heterocycles. The smallest absolute Gasteiger partial charge is 0.416 e. The van der Waals surface area contributed by atoms with Crippen LogP contribution in [-0.2, 0) is 25.6 Å². The van der Waals surface area contributed by atoms with Gasteiger partial charge in [0, 0.05) is 6.04 Å². The molecule has 2 aromatic heterocycles. The Balaban J connectivity index is 1.60. The first kappa shape index (κ1) is 25.3. The first-order valence-corrected chi connectivity index (χ1v) is 12.9. The summed E-state index contributed by atoms with van der Waals surface area (Å²) in [6.45, 7) is 11.0. The van der Waals surface area contributed by atoms with Gasteiger partial charge in [-0.1, -0.05) is 19.8 Å². The van der Waals surface area contributed by atoms with Crippen LogP contribution in [0.15, 0.2) is 6.20 Å². The normalized spacial score (nSPS) is 28.1. The molecular weight excluding hydrogens is 466 g/mol. The van der Waals surface area contributed by atoms with Crippen molar-refractivity contribution >= 4 is 22.9 Å². The van der Waals surface area contributed by atoms with Crippen molar-refractivity contribution in [1.82, 2.24) is 19.7 Å². The monoisotopic (exact) mass is 503 g/mol. The van der Waals surface area contributed by atoms with Gasteiger partial charge in [-0.25, -0.2) is 19.4 Å². The molecule has 0 aromatic carbocycles. The van der Waals surface area contributed by atoms with Crippen LogP contribution in [0.3, 0.4) is 0 Å². The van der Waals surface area contributed by atoms with Crippen LogP contribution < -0.4 is 4.90 Å². The van der Waals surface area contributed by atoms with Crippen LogP contribution in [0.4, 0.5) is 10.6 Å². The van der Waals surface area contributed by atoms with Crippen LogP contribution >= 0.6 is 0 Å². The van der Waals surface area contributed by atoms with Gasteiger partial charge in [-0.2, -0.15) is 5.10 Å². The lowest BCUT2D eigenvalue weighted by Crippen LogP contribution is -2.43. The highest BCUT2D eigenvalue weighted by molar-refractivity contribution is 5.97. The number of rotatable bonds is 5. The Hall–Kier alpha value is -2.34. The van der Waals surface area contributed by atoms with Crippen LogP contribution in [-0.4, -0.2) is 66.7 Å². The molecule has 3 aliphatic rings. The van der Waals surface area contributed by atoms with Gasteiger partial charge in [0.15, 0.2) is 29.3 Å². The molecule has 3 fully saturated rings. The molecule has 1 aliphatic carbocycles. The predicted octanol–water partition coefficient (Wildman–Crippen LogP) is 3.83. The molecule has 1 saturated carbocycles. The van der Waals surface area contributed by atoms with Gasteiger partial charge in [0.25, 0.3) is 0 Å². The van der Waals surface area contributed by atoms with Gasteiger partial charge >= 0.3 is 6.09 Å². The summed E-state index contributed by atoms with van der Waals surface area (Å²) in [4.78, 5) is 24.2. The van der Waals surface area contributed by atoms with Gasteiger partial charge in [0.05, 0.1) is 17.7 Å². The van der Waals surface area contributed by atoms with E-state index < -0.39 is 23.7 Å². The Morgan fingerprint density at radius 1 is 1.22 bits per heavy atom. The molecule has 0 unspecified atom stereocenters. The molecule has 11 heteroatoms. The molecule has 5 rings (SSSR count). The summed E-state index contributed by atoms with van der Waals surface area (Å²) in [5.74, 6) is -0.154. The van der Waals surface area contributed by atoms with Crippen molar-refractivity contribution in [3.8, 4) is 0 Å². The second-order valence-electron chi connectivity index (χ2n) is 11.3. The number of carbonyl (C=O) groups excluding carboxylic acids is 1. The van der Waals surface area contributed by atoms with Crippen molar-refractivity contribution in [1.29, 1.82) is 0 Å². The highest BCUT2D eigenvalue weighted by atomic mass is 16.8. The number of aromatic nitrogens is 4. The number of amides is 1. The molecule has 2 saturated heterocycles. The summed E-state index contributed by atoms with van der Waals surface area (Å²) in [5, 5.41) is 15.2. The Bertz CT molecular complexity index is 1120. The lowest BCUT2D eigenvalue weighted by Gasteiger charge is -2.31. The largest absolute Gasteiger partial charge is 0.443 e. The zero-order chi connectivity index (χ0) is 25.8. The van der Waals surface area contributed by atoms with Crippen molar-refractivity contribution in [2.75, 3.05) is 4.90 Å². The van der Waals surface area contributed by atoms with E-state index in [1.165, 1.54) is 0 Å². The second kappa shape index (κ2) is 9.20. The van der Waals surface area contributed by atoms with Gasteiger partial charge in [-0.05, 0) is 53.9 Å². The fraction of sp³-hybridized carbons (Fsp3) is 0.760. The van der Waals surface area contributed by atoms with Gasteiger partial charge in [0.1, 0.15) is 24.4 Å². The molecule has 0 spiro atoms. The SMILES string of the molecule is CC[C@H]1O[C@@H](n2ncc3c(N(C(=O)OC(C)(C)C)C4CCCC4)nc(CO)nc32)[C@@H]2OC(C)(C)O[C@@H]21. The number of fused-ring (bicyclic) bond motifs is 2. The van der Waals surface area contributed by atoms with Gasteiger partial charge < -0.3 is 24.1 Å². The Morgan fingerprint density at radius 3 is 2.56 bits per heavy atom. The van der Waals surface area contributed by atoms with Crippen LogP contribution in [0.1, 0.15) is 85.7 Å². The second-order valence-corrected chi connectivity index (χ2v) is 11.3. The first-order valence-electron chi connectivity index (χ1n) is 12.9. The summed E-state index contributed by atoms with van der Waals surface area (Å²) in [5.41, 5.74) is -0.206. The van der Waals surface area contributed by atoms with Crippen LogP contribution in [0, 0.1) is 0 Å². The van der Waals surface area contributed by atoms with Crippen molar-refractivity contribution in [3.05, 3.63) is 12.0 Å². The molecule has 4 atom stereocenters. The molecule has 2 aliphatic heterocycles. The van der Waals surface area contributed by atoms with Gasteiger partial charge in [-0.15, -0.1) is 0 Å². The number of ether oxygens (including phenoxy) is 4. The third kappa shape index (κ3) is 4.57. The average molecular weight is 504 g/mol. The summed E-state index contributed by atoms with van der Waals surface area (Å²) >= 11 is 0. The topological polar surface area (TPSA) is 121 Å². The Kier molecular flexibility index (Phi) is 6.47. The van der Waals surface area contributed by atoms with Crippen LogP contribution in [0.25, 0.3) is 11.0 Å². The average Bonchev–Trinajstić information content (AvgIpc) is 3.56. The summed E-state index contributed by atoms with van der Waals surface area (Å²) in [7, 11) is 0. The van der Waals surface area contributed by atoms with E-state index in [1.54, 1.807) is 15.8 Å². The van der Waals surface area contributed by atoms with E-state index in [4.69, 9.17) is 18.9 Å². The predicted molar refractivity (Wildman–Crippen MR) is 130 cm³/mol. The third-order valence-electron chi connectivity index (χ3n) is 6.90. The standard InChI is InChI=1S/C25H37N5O6/c1-7-16-18-19(35-25(5,6)34-18)22(33-16)30-21-15(12-26-30)20(27-17(13-31)28-21)29(14-10-8-9-11-14)23(32)36-24(2,3)4/h12,14,16,18-19,22,31H,7-11,13H2,1-6H3/t16-,18-,19-,22-/m1/s1. The Labute approximate surface area is 211 Å². The molecule has 11 nitrogen and oxygen atoms in total. The van der Waals surface area contributed by atoms with Gasteiger partial charge in [-0.3, -0.25) is 4.90 Å². The number of anilines is 1. The van der Waals surface area contributed by atoms with E-state index >= 15 is 0 Å². The minimum Gasteiger partial charge on any atom is -0.443 e. The Morgan fingerprint density at radius 2 is 1.92 bits per heavy atom. The van der Waals surface area contributed by atoms with Crippen molar-refractivity contribution in [2.45, 2.75) is 122 Å². The molecule has 198 valence electrons. The third-order valence-corrected chi connectivity index (χ3v) is 6.90. The lowest BCUT2D eigenvalue weighted by atomic mass is 10.1. The highest BCUT2D eigenvalue weighted by Crippen LogP contribution is 2.45. The molecule has 36 heavy (non-hydrogen) atoms. The van der Waals surface area contributed by atoms with E-state index in [9.17, 15) is 9.90 Å². The van der Waals surface area contributed by atoms with E-state index in [2.05, 4.69) is 15.1 Å². The fourth-order valence-electron chi connectivity index (χ4n) is 5.46. The number of carbonyl (C=O) groups is 1. The molecule has 0 bridgehead atoms. The number of hydrogen-bond acceptors (Lipinski definition) is 9. The van der Waals surface area contributed by atoms with Crippen molar-refractivity contribution in [3.63, 3.8) is 0 Å². The zero-order valence-corrected chi connectivity index (χ0v) is 21.9. The summed E-state index contributed by atoms with van der Waals surface area (Å²) in [6, 6.07) is -0.0585. The summed E-state index contributed by atoms with van der Waals surface area (Å²) < 4.78 is 26.1. The van der Waals surface area contributed by atoms with E-state index in [1.807, 2.05) is 41.5 Å². The van der Waals surface area contributed by atoms with Gasteiger partial charge in [0.2, 0.25) is 0 Å². The quantitative estimate of drug-likeness (QED) is 0.649. The molecule has 1 N–H and O–H groups in total. The van der Waals surface area contributed by atoms with E-state index in [-0.39, 0.29) is 36.8 Å². The molecular formula is C25H37N5O6. The molecule has 1 amide bonds. The van der Waals surface area contributed by atoms with Crippen molar-refractivity contribution in [2.24, 2.45) is 0 Å². The number of aliphatic hydroxyl groups is 1. The van der Waals surface area contributed by atoms with Crippen molar-refractivity contribution < 1.29 is 28.8 Å². The number of aliphatic hydroxyl groups excluding tert-OH is 1. The maximum atomic E-state index is 13.4. The fourth-order valence-corrected chi connectivity index (χ4v) is 5.46. The molecule has 2 aromatic rings. The number of hydrogen-bond donors (Lipinski definition) is 1. The van der Waals surface area contributed by atoms with Crippen LogP contribution in [0.2, 0.25) is 0 Å². The van der Waals surface area contributed by atoms with E-state index in [0.717, 1.165) is 32.1 Å². The zero-order valence-electron chi connectivity index (χ0n) is 21.9. The highest BCUT2D eigenvalue weighted by Gasteiger charge is 2.56. The van der Waals surface area contributed by atoms with Crippen LogP contribution in [0.5, 0.6) is 0 Å². The minimum atomic E-state index is -0.736. The molecule has 0 radical (unpaired) electrons. The maximum Gasteiger partial charge on any atom is 0.416 e. The number of nitrogens with zero attached hydrogens (tertiary/aromatic N) is 5. The maximum absolute atomic E-state index is 13.4.